The number of likely N-dealkylation sites (tertiary alicyclic amines) is 1. The highest BCUT2D eigenvalue weighted by molar-refractivity contribution is 6.46. The molecule has 1 N–H and O–H groups in total. The molecule has 1 heterocycles. The molecule has 196 valence electrons. The van der Waals surface area contributed by atoms with Crippen LogP contribution < -0.4 is 4.74 Å². The summed E-state index contributed by atoms with van der Waals surface area (Å²) in [5.74, 6) is -1.90. The van der Waals surface area contributed by atoms with E-state index in [9.17, 15) is 19.5 Å². The van der Waals surface area contributed by atoms with Gasteiger partial charge in [0.25, 0.3) is 11.7 Å². The second kappa shape index (κ2) is 11.5. The first-order valence-electron chi connectivity index (χ1n) is 12.3. The average molecular weight is 534 g/mol. The lowest BCUT2D eigenvalue weighted by atomic mass is 9.94. The minimum atomic E-state index is -0.828. The molecule has 38 heavy (non-hydrogen) atoms. The quantitative estimate of drug-likeness (QED) is 0.169. The van der Waals surface area contributed by atoms with Crippen LogP contribution in [-0.4, -0.2) is 40.9 Å². The van der Waals surface area contributed by atoms with Crippen molar-refractivity contribution < 1.29 is 29.0 Å². The predicted octanol–water partition coefficient (Wildman–Crippen LogP) is 5.85. The van der Waals surface area contributed by atoms with Crippen LogP contribution >= 0.6 is 11.6 Å². The largest absolute Gasteiger partial charge is 0.507 e. The van der Waals surface area contributed by atoms with Gasteiger partial charge in [-0.1, -0.05) is 53.6 Å². The molecule has 1 atom stereocenters. The Morgan fingerprint density at radius 2 is 1.68 bits per heavy atom. The molecule has 0 aliphatic carbocycles. The van der Waals surface area contributed by atoms with E-state index in [1.165, 1.54) is 4.90 Å². The molecule has 0 saturated carbocycles. The first-order chi connectivity index (χ1) is 18.2. The Bertz CT molecular complexity index is 1410. The van der Waals surface area contributed by atoms with Gasteiger partial charge in [0.1, 0.15) is 11.5 Å². The Hall–Kier alpha value is -4.10. The van der Waals surface area contributed by atoms with Crippen LogP contribution in [0.1, 0.15) is 52.5 Å². The fraction of sp³-hybridized carbons (Fsp3) is 0.233. The van der Waals surface area contributed by atoms with E-state index in [4.69, 9.17) is 21.1 Å². The van der Waals surface area contributed by atoms with Crippen LogP contribution in [0.2, 0.25) is 5.02 Å². The first kappa shape index (κ1) is 26.9. The van der Waals surface area contributed by atoms with Gasteiger partial charge in [0, 0.05) is 12.1 Å². The maximum Gasteiger partial charge on any atom is 0.338 e. The third-order valence-electron chi connectivity index (χ3n) is 6.22. The van der Waals surface area contributed by atoms with Crippen molar-refractivity contribution in [2.75, 3.05) is 13.2 Å². The Kier molecular flexibility index (Phi) is 8.17. The van der Waals surface area contributed by atoms with Crippen LogP contribution in [0.15, 0.2) is 72.3 Å². The number of carbonyl (C=O) groups is 3. The maximum absolute atomic E-state index is 13.4. The van der Waals surface area contributed by atoms with Crippen LogP contribution in [0, 0.1) is 6.92 Å². The number of halogens is 1. The number of hydrogen-bond donors (Lipinski definition) is 1. The van der Waals surface area contributed by atoms with Crippen LogP contribution in [-0.2, 0) is 20.9 Å². The number of nitrogens with zero attached hydrogens (tertiary/aromatic N) is 1. The highest BCUT2D eigenvalue weighted by Gasteiger charge is 2.46. The summed E-state index contributed by atoms with van der Waals surface area (Å²) in [6, 6.07) is 18.0. The summed E-state index contributed by atoms with van der Waals surface area (Å²) in [7, 11) is 0. The number of ether oxygens (including phenoxy) is 2. The van der Waals surface area contributed by atoms with Gasteiger partial charge >= 0.3 is 5.97 Å². The van der Waals surface area contributed by atoms with E-state index in [-0.39, 0.29) is 24.5 Å². The van der Waals surface area contributed by atoms with Gasteiger partial charge in [0.2, 0.25) is 0 Å². The van der Waals surface area contributed by atoms with Gasteiger partial charge in [-0.15, -0.1) is 0 Å². The molecule has 1 saturated heterocycles. The molecule has 0 bridgehead atoms. The van der Waals surface area contributed by atoms with E-state index in [1.54, 1.807) is 49.4 Å². The molecule has 0 radical (unpaired) electrons. The SMILES string of the molecule is CCOC(=O)c1ccc(CN2C(=O)C(=O)/C(=C(\O)c3ccc(Cl)c(OCC)c3)C2c2cccc(C)c2)cc1. The summed E-state index contributed by atoms with van der Waals surface area (Å²) in [5, 5.41) is 11.7. The minimum Gasteiger partial charge on any atom is -0.507 e. The number of ketones is 1. The topological polar surface area (TPSA) is 93.1 Å². The Morgan fingerprint density at radius 3 is 2.34 bits per heavy atom. The number of aliphatic hydroxyl groups excluding tert-OH is 1. The summed E-state index contributed by atoms with van der Waals surface area (Å²) < 4.78 is 10.6. The smallest absolute Gasteiger partial charge is 0.338 e. The van der Waals surface area contributed by atoms with E-state index in [0.717, 1.165) is 5.56 Å². The number of rotatable bonds is 8. The second-order valence-corrected chi connectivity index (χ2v) is 9.24. The van der Waals surface area contributed by atoms with Crippen molar-refractivity contribution >= 4 is 35.0 Å². The zero-order chi connectivity index (χ0) is 27.4. The zero-order valence-electron chi connectivity index (χ0n) is 21.4. The lowest BCUT2D eigenvalue weighted by Crippen LogP contribution is -2.29. The predicted molar refractivity (Wildman–Crippen MR) is 144 cm³/mol. The van der Waals surface area contributed by atoms with Crippen molar-refractivity contribution in [3.8, 4) is 5.75 Å². The Labute approximate surface area is 226 Å². The number of carbonyl (C=O) groups excluding carboxylic acids is 3. The number of Topliss-reactive ketones (excluding diaryl/α,β-unsaturated/α-hetero) is 1. The standard InChI is InChI=1S/C30H28ClNO6/c1-4-37-24-16-22(13-14-23(24)31)27(33)25-26(21-8-6-7-18(3)15-21)32(29(35)28(25)34)17-19-9-11-20(12-10-19)30(36)38-5-2/h6-16,26,33H,4-5,17H2,1-3H3/b27-25-. The summed E-state index contributed by atoms with van der Waals surface area (Å²) in [5.41, 5.74) is 3.02. The fourth-order valence-corrected chi connectivity index (χ4v) is 4.63. The number of esters is 1. The van der Waals surface area contributed by atoms with Gasteiger partial charge in [-0.3, -0.25) is 9.59 Å². The van der Waals surface area contributed by atoms with Crippen LogP contribution in [0.25, 0.3) is 5.76 Å². The number of amides is 1. The minimum absolute atomic E-state index is 0.0199. The molecular weight excluding hydrogens is 506 g/mol. The molecule has 3 aromatic carbocycles. The number of aryl methyl sites for hydroxylation is 1. The van der Waals surface area contributed by atoms with Gasteiger partial charge in [0.05, 0.1) is 35.4 Å². The van der Waals surface area contributed by atoms with E-state index in [0.29, 0.717) is 39.6 Å². The molecule has 0 aromatic heterocycles. The molecule has 4 rings (SSSR count). The van der Waals surface area contributed by atoms with Crippen molar-refractivity contribution in [2.45, 2.75) is 33.4 Å². The molecule has 3 aromatic rings. The molecule has 1 amide bonds. The van der Waals surface area contributed by atoms with Gasteiger partial charge in [-0.25, -0.2) is 4.79 Å². The number of benzene rings is 3. The third-order valence-corrected chi connectivity index (χ3v) is 6.53. The molecule has 0 spiro atoms. The summed E-state index contributed by atoms with van der Waals surface area (Å²) in [4.78, 5) is 40.1. The average Bonchev–Trinajstić information content (AvgIpc) is 3.15. The fourth-order valence-electron chi connectivity index (χ4n) is 4.46. The van der Waals surface area contributed by atoms with Crippen molar-refractivity contribution in [2.24, 2.45) is 0 Å². The lowest BCUT2D eigenvalue weighted by molar-refractivity contribution is -0.140. The molecule has 1 fully saturated rings. The van der Waals surface area contributed by atoms with Gasteiger partial charge in [-0.05, 0) is 62.2 Å². The molecule has 1 unspecified atom stereocenters. The Balaban J connectivity index is 1.78. The van der Waals surface area contributed by atoms with Gasteiger partial charge < -0.3 is 19.5 Å². The summed E-state index contributed by atoms with van der Waals surface area (Å²) >= 11 is 6.21. The molecule has 7 nitrogen and oxygen atoms in total. The first-order valence-corrected chi connectivity index (χ1v) is 12.7. The summed E-state index contributed by atoms with van der Waals surface area (Å²) in [6.45, 7) is 6.18. The van der Waals surface area contributed by atoms with Gasteiger partial charge in [0.15, 0.2) is 0 Å². The van der Waals surface area contributed by atoms with Crippen molar-refractivity contribution in [1.29, 1.82) is 0 Å². The van der Waals surface area contributed by atoms with Crippen molar-refractivity contribution in [3.05, 3.63) is 105 Å². The zero-order valence-corrected chi connectivity index (χ0v) is 22.1. The molecule has 8 heteroatoms. The van der Waals surface area contributed by atoms with E-state index in [1.807, 2.05) is 38.1 Å². The van der Waals surface area contributed by atoms with Crippen molar-refractivity contribution in [1.82, 2.24) is 4.90 Å². The molecular formula is C30H28ClNO6. The number of aliphatic hydroxyl groups is 1. The van der Waals surface area contributed by atoms with Crippen LogP contribution in [0.5, 0.6) is 5.75 Å². The maximum atomic E-state index is 13.4. The number of hydrogen-bond acceptors (Lipinski definition) is 6. The Morgan fingerprint density at radius 1 is 0.974 bits per heavy atom. The van der Waals surface area contributed by atoms with E-state index in [2.05, 4.69) is 0 Å². The van der Waals surface area contributed by atoms with E-state index >= 15 is 0 Å². The lowest BCUT2D eigenvalue weighted by Gasteiger charge is -2.26. The second-order valence-electron chi connectivity index (χ2n) is 8.84. The van der Waals surface area contributed by atoms with Crippen LogP contribution in [0.4, 0.5) is 0 Å². The van der Waals surface area contributed by atoms with Gasteiger partial charge in [-0.2, -0.15) is 0 Å². The van der Waals surface area contributed by atoms with E-state index < -0.39 is 23.7 Å². The third kappa shape index (κ3) is 5.43. The molecule has 1 aliphatic rings. The monoisotopic (exact) mass is 533 g/mol. The highest BCUT2D eigenvalue weighted by Crippen LogP contribution is 2.41. The van der Waals surface area contributed by atoms with Crippen molar-refractivity contribution in [3.63, 3.8) is 0 Å². The van der Waals surface area contributed by atoms with Crippen LogP contribution in [0.3, 0.4) is 0 Å². The highest BCUT2D eigenvalue weighted by atomic mass is 35.5. The molecule has 1 aliphatic heterocycles. The summed E-state index contributed by atoms with van der Waals surface area (Å²) in [6.07, 6.45) is 0. The normalized spacial score (nSPS) is 16.5.